The molecular formula is C24H24N4O4S. The zero-order valence-corrected chi connectivity index (χ0v) is 19.0. The standard InChI is InChI=1S/C24H24N4O4S/c1-18(29)19-7-11-22(12-8-19)33(31,32)26-21-9-5-20(6-10-21)24(30)28-16-14-27(15-17-28)23-4-2-3-13-25-23/h2-13,26H,14-17H2,1H3. The Morgan fingerprint density at radius 3 is 2.06 bits per heavy atom. The Morgan fingerprint density at radius 1 is 0.848 bits per heavy atom. The summed E-state index contributed by atoms with van der Waals surface area (Å²) in [7, 11) is -3.81. The topological polar surface area (TPSA) is 99.7 Å². The number of carbonyl (C=O) groups is 2. The Kier molecular flexibility index (Phi) is 6.41. The number of hydrogen-bond acceptors (Lipinski definition) is 6. The van der Waals surface area contributed by atoms with E-state index in [2.05, 4.69) is 14.6 Å². The molecule has 1 aliphatic rings. The number of aromatic nitrogens is 1. The van der Waals surface area contributed by atoms with Crippen molar-refractivity contribution in [2.75, 3.05) is 35.8 Å². The van der Waals surface area contributed by atoms with E-state index >= 15 is 0 Å². The van der Waals surface area contributed by atoms with Gasteiger partial charge in [-0.3, -0.25) is 14.3 Å². The van der Waals surface area contributed by atoms with Gasteiger partial charge in [0, 0.05) is 49.2 Å². The molecule has 8 nitrogen and oxygen atoms in total. The predicted octanol–water partition coefficient (Wildman–Crippen LogP) is 3.05. The van der Waals surface area contributed by atoms with Crippen molar-refractivity contribution in [3.8, 4) is 0 Å². The van der Waals surface area contributed by atoms with Crippen molar-refractivity contribution in [1.82, 2.24) is 9.88 Å². The third kappa shape index (κ3) is 5.20. The molecule has 170 valence electrons. The van der Waals surface area contributed by atoms with E-state index in [-0.39, 0.29) is 16.6 Å². The van der Waals surface area contributed by atoms with E-state index in [1.54, 1.807) is 35.4 Å². The van der Waals surface area contributed by atoms with Gasteiger partial charge in [-0.25, -0.2) is 13.4 Å². The molecule has 33 heavy (non-hydrogen) atoms. The Morgan fingerprint density at radius 2 is 1.48 bits per heavy atom. The van der Waals surface area contributed by atoms with Crippen LogP contribution in [0.15, 0.2) is 77.8 Å². The average Bonchev–Trinajstić information content (AvgIpc) is 2.84. The summed E-state index contributed by atoms with van der Waals surface area (Å²) in [6, 6.07) is 17.9. The molecule has 0 saturated carbocycles. The van der Waals surface area contributed by atoms with Gasteiger partial charge in [0.2, 0.25) is 0 Å². The van der Waals surface area contributed by atoms with E-state index in [9.17, 15) is 18.0 Å². The third-order valence-corrected chi connectivity index (χ3v) is 6.89. The number of carbonyl (C=O) groups excluding carboxylic acids is 2. The highest BCUT2D eigenvalue weighted by atomic mass is 32.2. The predicted molar refractivity (Wildman–Crippen MR) is 126 cm³/mol. The van der Waals surface area contributed by atoms with Gasteiger partial charge >= 0.3 is 0 Å². The SMILES string of the molecule is CC(=O)c1ccc(S(=O)(=O)Nc2ccc(C(=O)N3CCN(c4ccccn4)CC3)cc2)cc1. The number of Topliss-reactive ketones (excluding diaryl/α,β-unsaturated/α-hetero) is 1. The molecular weight excluding hydrogens is 440 g/mol. The van der Waals surface area contributed by atoms with Crippen LogP contribution < -0.4 is 9.62 Å². The molecule has 1 saturated heterocycles. The van der Waals surface area contributed by atoms with Crippen molar-refractivity contribution in [2.24, 2.45) is 0 Å². The summed E-state index contributed by atoms with van der Waals surface area (Å²) in [5.41, 5.74) is 1.29. The van der Waals surface area contributed by atoms with Crippen LogP contribution in [0.2, 0.25) is 0 Å². The second kappa shape index (κ2) is 9.41. The number of amides is 1. The van der Waals surface area contributed by atoms with Crippen molar-refractivity contribution >= 4 is 33.2 Å². The number of sulfonamides is 1. The number of nitrogens with zero attached hydrogens (tertiary/aromatic N) is 3. The second-order valence-electron chi connectivity index (χ2n) is 7.73. The molecule has 0 spiro atoms. The minimum atomic E-state index is -3.81. The highest BCUT2D eigenvalue weighted by Crippen LogP contribution is 2.19. The lowest BCUT2D eigenvalue weighted by Gasteiger charge is -2.35. The zero-order valence-electron chi connectivity index (χ0n) is 18.1. The average molecular weight is 465 g/mol. The van der Waals surface area contributed by atoms with Crippen LogP contribution in [0.3, 0.4) is 0 Å². The summed E-state index contributed by atoms with van der Waals surface area (Å²) in [5.74, 6) is 0.673. The van der Waals surface area contributed by atoms with E-state index in [1.165, 1.54) is 31.2 Å². The minimum absolute atomic E-state index is 0.0541. The molecule has 2 heterocycles. The number of benzene rings is 2. The van der Waals surface area contributed by atoms with Gasteiger partial charge in [0.05, 0.1) is 4.90 Å². The van der Waals surface area contributed by atoms with E-state index < -0.39 is 10.0 Å². The molecule has 0 bridgehead atoms. The lowest BCUT2D eigenvalue weighted by atomic mass is 10.1. The highest BCUT2D eigenvalue weighted by Gasteiger charge is 2.23. The first-order valence-corrected chi connectivity index (χ1v) is 12.0. The Labute approximate surface area is 192 Å². The molecule has 2 aromatic carbocycles. The molecule has 1 N–H and O–H groups in total. The van der Waals surface area contributed by atoms with Gasteiger partial charge in [-0.15, -0.1) is 0 Å². The molecule has 9 heteroatoms. The Bertz CT molecular complexity index is 1240. The number of ketones is 1. The highest BCUT2D eigenvalue weighted by molar-refractivity contribution is 7.92. The maximum atomic E-state index is 12.9. The lowest BCUT2D eigenvalue weighted by Crippen LogP contribution is -2.49. The first-order valence-electron chi connectivity index (χ1n) is 10.5. The van der Waals surface area contributed by atoms with E-state index in [4.69, 9.17) is 0 Å². The van der Waals surface area contributed by atoms with Gasteiger partial charge in [0.15, 0.2) is 5.78 Å². The molecule has 3 aromatic rings. The maximum absolute atomic E-state index is 12.9. The van der Waals surface area contributed by atoms with Crippen molar-refractivity contribution < 1.29 is 18.0 Å². The number of nitrogens with one attached hydrogen (secondary N) is 1. The minimum Gasteiger partial charge on any atom is -0.353 e. The fourth-order valence-corrected chi connectivity index (χ4v) is 4.68. The van der Waals surface area contributed by atoms with Crippen LogP contribution in [0.1, 0.15) is 27.6 Å². The molecule has 0 unspecified atom stereocenters. The van der Waals surface area contributed by atoms with Gasteiger partial charge in [-0.1, -0.05) is 18.2 Å². The monoisotopic (exact) mass is 464 g/mol. The summed E-state index contributed by atoms with van der Waals surface area (Å²) in [6.45, 7) is 3.98. The molecule has 1 amide bonds. The van der Waals surface area contributed by atoms with E-state index in [0.29, 0.717) is 43.0 Å². The van der Waals surface area contributed by atoms with Gasteiger partial charge in [-0.2, -0.15) is 0 Å². The Balaban J connectivity index is 1.38. The van der Waals surface area contributed by atoms with Crippen molar-refractivity contribution in [3.63, 3.8) is 0 Å². The summed E-state index contributed by atoms with van der Waals surface area (Å²) in [4.78, 5) is 32.6. The largest absolute Gasteiger partial charge is 0.353 e. The summed E-state index contributed by atoms with van der Waals surface area (Å²) >= 11 is 0. The smallest absolute Gasteiger partial charge is 0.261 e. The van der Waals surface area contributed by atoms with Crippen molar-refractivity contribution in [2.45, 2.75) is 11.8 Å². The summed E-state index contributed by atoms with van der Waals surface area (Å²) in [6.07, 6.45) is 1.75. The molecule has 1 aromatic heterocycles. The fraction of sp³-hybridized carbons (Fsp3) is 0.208. The molecule has 4 rings (SSSR count). The van der Waals surface area contributed by atoms with Crippen LogP contribution >= 0.6 is 0 Å². The van der Waals surface area contributed by atoms with Crippen molar-refractivity contribution in [1.29, 1.82) is 0 Å². The van der Waals surface area contributed by atoms with Crippen LogP contribution in [-0.2, 0) is 10.0 Å². The van der Waals surface area contributed by atoms with E-state index in [1.807, 2.05) is 18.2 Å². The quantitative estimate of drug-likeness (QED) is 0.563. The first-order chi connectivity index (χ1) is 15.8. The lowest BCUT2D eigenvalue weighted by molar-refractivity contribution is 0.0746. The zero-order chi connectivity index (χ0) is 23.4. The van der Waals surface area contributed by atoms with Gasteiger partial charge in [0.1, 0.15) is 5.82 Å². The van der Waals surface area contributed by atoms with Crippen LogP contribution in [0.25, 0.3) is 0 Å². The number of piperazine rings is 1. The normalized spacial score (nSPS) is 14.1. The third-order valence-electron chi connectivity index (χ3n) is 5.50. The number of pyridine rings is 1. The van der Waals surface area contributed by atoms with Gasteiger partial charge in [0.25, 0.3) is 15.9 Å². The second-order valence-corrected chi connectivity index (χ2v) is 9.41. The van der Waals surface area contributed by atoms with Crippen LogP contribution in [0.4, 0.5) is 11.5 Å². The molecule has 0 aliphatic carbocycles. The first kappa shape index (κ1) is 22.5. The van der Waals surface area contributed by atoms with Crippen LogP contribution in [-0.4, -0.2) is 56.2 Å². The molecule has 1 fully saturated rings. The van der Waals surface area contributed by atoms with Crippen molar-refractivity contribution in [3.05, 3.63) is 84.1 Å². The molecule has 1 aliphatic heterocycles. The fourth-order valence-electron chi connectivity index (χ4n) is 3.63. The van der Waals surface area contributed by atoms with E-state index in [0.717, 1.165) is 5.82 Å². The van der Waals surface area contributed by atoms with Crippen LogP contribution in [0, 0.1) is 0 Å². The Hall–Kier alpha value is -3.72. The number of hydrogen-bond donors (Lipinski definition) is 1. The number of anilines is 2. The molecule has 0 radical (unpaired) electrons. The van der Waals surface area contributed by atoms with Crippen LogP contribution in [0.5, 0.6) is 0 Å². The maximum Gasteiger partial charge on any atom is 0.261 e. The number of rotatable bonds is 6. The summed E-state index contributed by atoms with van der Waals surface area (Å²) < 4.78 is 27.7. The van der Waals surface area contributed by atoms with Gasteiger partial charge < -0.3 is 9.80 Å². The molecule has 0 atom stereocenters. The van der Waals surface area contributed by atoms with Gasteiger partial charge in [-0.05, 0) is 55.5 Å². The summed E-state index contributed by atoms with van der Waals surface area (Å²) in [5, 5.41) is 0.